The van der Waals surface area contributed by atoms with Crippen molar-refractivity contribution in [3.05, 3.63) is 62.6 Å². The molecule has 3 unspecified atom stereocenters. The van der Waals surface area contributed by atoms with Crippen LogP contribution < -0.4 is 21.3 Å². The maximum absolute atomic E-state index is 12.9. The second-order valence-corrected chi connectivity index (χ2v) is 10.8. The maximum atomic E-state index is 12.9. The van der Waals surface area contributed by atoms with Crippen LogP contribution in [0.4, 0.5) is 0 Å². The maximum Gasteiger partial charge on any atom is 0.261 e. The van der Waals surface area contributed by atoms with Gasteiger partial charge in [0.05, 0.1) is 19.3 Å². The van der Waals surface area contributed by atoms with Crippen molar-refractivity contribution >= 4 is 12.2 Å². The van der Waals surface area contributed by atoms with Gasteiger partial charge in [0.25, 0.3) is 11.5 Å². The van der Waals surface area contributed by atoms with E-state index in [0.717, 1.165) is 47.6 Å². The van der Waals surface area contributed by atoms with Gasteiger partial charge in [0, 0.05) is 36.5 Å². The van der Waals surface area contributed by atoms with Gasteiger partial charge in [-0.2, -0.15) is 0 Å². The number of pyridine rings is 1. The number of piperidine rings is 1. The normalized spacial score (nSPS) is 25.1. The quantitative estimate of drug-likeness (QED) is 0.386. The summed E-state index contributed by atoms with van der Waals surface area (Å²) in [6, 6.07) is 7.48. The minimum atomic E-state index is -1.13. The first-order chi connectivity index (χ1) is 19.2. The molecule has 1 amide bonds. The van der Waals surface area contributed by atoms with Crippen LogP contribution in [0.3, 0.4) is 0 Å². The van der Waals surface area contributed by atoms with Crippen LogP contribution in [0.2, 0.25) is 0 Å². The van der Waals surface area contributed by atoms with E-state index in [1.165, 1.54) is 19.9 Å². The Bertz CT molecular complexity index is 1260. The standard InChI is InChI=1S/C28H35N3O5.C2H6.CH5N/c1-17-4-7-21(36-3)13-23(17)27-8-10-31(16-19-5-6-19)18(2)28(27,35)14-20-12-22(25(33)29-9-11-32)26(34)30-24(20)15-27;2*1-2/h4,7,11-13,18-19,35H,5-6,8-10,14-16H2,1-3H3,(H,29,33)(H,30,34);1-2H3;2H2,1H3. The summed E-state index contributed by atoms with van der Waals surface area (Å²) in [4.78, 5) is 41.5. The average molecular weight is 555 g/mol. The van der Waals surface area contributed by atoms with Crippen LogP contribution >= 0.6 is 0 Å². The number of aldehydes is 1. The largest absolute Gasteiger partial charge is 0.497 e. The van der Waals surface area contributed by atoms with E-state index in [2.05, 4.69) is 34.8 Å². The first-order valence-corrected chi connectivity index (χ1v) is 14.4. The predicted octanol–water partition coefficient (Wildman–Crippen LogP) is 2.49. The Morgan fingerprint density at radius 2 is 1.95 bits per heavy atom. The molecule has 1 saturated carbocycles. The Balaban J connectivity index is 0.00000106. The van der Waals surface area contributed by atoms with Gasteiger partial charge in [-0.3, -0.25) is 14.5 Å². The second-order valence-electron chi connectivity index (χ2n) is 10.8. The van der Waals surface area contributed by atoms with E-state index in [1.54, 1.807) is 13.2 Å². The summed E-state index contributed by atoms with van der Waals surface area (Å²) < 4.78 is 5.56. The number of rotatable bonds is 7. The zero-order chi connectivity index (χ0) is 29.7. The molecule has 1 aliphatic heterocycles. The molecule has 40 heavy (non-hydrogen) atoms. The van der Waals surface area contributed by atoms with Crippen molar-refractivity contribution in [3.63, 3.8) is 0 Å². The Labute approximate surface area is 237 Å². The fraction of sp³-hybridized carbons (Fsp3) is 0.581. The summed E-state index contributed by atoms with van der Waals surface area (Å²) in [5.74, 6) is 0.843. The van der Waals surface area contributed by atoms with E-state index in [4.69, 9.17) is 4.74 Å². The molecule has 220 valence electrons. The number of nitrogens with one attached hydrogen (secondary N) is 2. The predicted molar refractivity (Wildman–Crippen MR) is 157 cm³/mol. The van der Waals surface area contributed by atoms with Gasteiger partial charge in [0.2, 0.25) is 0 Å². The lowest BCUT2D eigenvalue weighted by Crippen LogP contribution is -2.71. The van der Waals surface area contributed by atoms with Crippen molar-refractivity contribution in [2.24, 2.45) is 11.7 Å². The number of likely N-dealkylation sites (tertiary alicyclic amines) is 1. The molecule has 0 bridgehead atoms. The summed E-state index contributed by atoms with van der Waals surface area (Å²) in [5.41, 5.74) is 5.86. The average Bonchev–Trinajstić information content (AvgIpc) is 3.79. The number of ether oxygens (including phenoxy) is 1. The van der Waals surface area contributed by atoms with E-state index in [-0.39, 0.29) is 18.2 Å². The third-order valence-corrected chi connectivity index (χ3v) is 8.79. The fourth-order valence-corrected chi connectivity index (χ4v) is 6.51. The number of carbonyl (C=O) groups is 2. The first kappa shape index (κ1) is 31.5. The number of aromatic nitrogens is 1. The van der Waals surface area contributed by atoms with Crippen LogP contribution in [0.15, 0.2) is 29.1 Å². The number of benzene rings is 1. The SMILES string of the molecule is CC.CN.COc1ccc(C)c(C23CCN(CC4CC4)C(C)C2(O)Cc2cc(C(=O)NCC=O)c(=O)[nH]c2C3)c1. The minimum Gasteiger partial charge on any atom is -0.497 e. The number of carbonyl (C=O) groups excluding carboxylic acids is 2. The number of fused-ring (bicyclic) bond motifs is 2. The third kappa shape index (κ3) is 5.73. The molecular formula is C31H46N4O5. The molecule has 5 rings (SSSR count). The molecule has 5 N–H and O–H groups in total. The molecule has 1 aromatic heterocycles. The van der Waals surface area contributed by atoms with Crippen molar-refractivity contribution in [1.29, 1.82) is 0 Å². The van der Waals surface area contributed by atoms with Crippen LogP contribution in [-0.4, -0.2) is 72.6 Å². The number of nitrogens with zero attached hydrogens (tertiary/aromatic N) is 1. The number of amides is 1. The first-order valence-electron chi connectivity index (χ1n) is 14.4. The zero-order valence-corrected chi connectivity index (χ0v) is 24.8. The molecule has 0 radical (unpaired) electrons. The summed E-state index contributed by atoms with van der Waals surface area (Å²) in [7, 11) is 3.14. The Morgan fingerprint density at radius 1 is 1.25 bits per heavy atom. The Kier molecular flexibility index (Phi) is 10.3. The summed E-state index contributed by atoms with van der Waals surface area (Å²) >= 11 is 0. The van der Waals surface area contributed by atoms with E-state index >= 15 is 0 Å². The highest BCUT2D eigenvalue weighted by Gasteiger charge is 2.61. The molecule has 2 aromatic rings. The molecule has 3 aliphatic rings. The molecule has 3 atom stereocenters. The molecule has 2 heterocycles. The number of aliphatic hydroxyl groups is 1. The number of hydrogen-bond acceptors (Lipinski definition) is 7. The molecule has 2 fully saturated rings. The van der Waals surface area contributed by atoms with Crippen LogP contribution in [-0.2, 0) is 23.1 Å². The lowest BCUT2D eigenvalue weighted by Gasteiger charge is -2.60. The van der Waals surface area contributed by atoms with E-state index in [9.17, 15) is 19.5 Å². The van der Waals surface area contributed by atoms with E-state index in [1.807, 2.05) is 32.0 Å². The monoisotopic (exact) mass is 554 g/mol. The number of H-pyrrole nitrogens is 1. The van der Waals surface area contributed by atoms with Gasteiger partial charge >= 0.3 is 0 Å². The van der Waals surface area contributed by atoms with Crippen molar-refractivity contribution in [2.45, 2.75) is 76.9 Å². The number of hydrogen-bond donors (Lipinski definition) is 4. The van der Waals surface area contributed by atoms with E-state index in [0.29, 0.717) is 25.0 Å². The number of methoxy groups -OCH3 is 1. The van der Waals surface area contributed by atoms with E-state index < -0.39 is 22.5 Å². The summed E-state index contributed by atoms with van der Waals surface area (Å²) in [5, 5.41) is 15.2. The minimum absolute atomic E-state index is 0.0393. The topological polar surface area (TPSA) is 138 Å². The van der Waals surface area contributed by atoms with Crippen molar-refractivity contribution < 1.29 is 19.4 Å². The van der Waals surface area contributed by atoms with Gasteiger partial charge in [-0.1, -0.05) is 19.9 Å². The van der Waals surface area contributed by atoms with Crippen LogP contribution in [0.25, 0.3) is 0 Å². The van der Waals surface area contributed by atoms with Gasteiger partial charge in [-0.05, 0) is 87.5 Å². The lowest BCUT2D eigenvalue weighted by molar-refractivity contribution is -0.139. The van der Waals surface area contributed by atoms with Crippen molar-refractivity contribution in [2.75, 3.05) is 33.8 Å². The van der Waals surface area contributed by atoms with Gasteiger partial charge in [-0.25, -0.2) is 0 Å². The second kappa shape index (κ2) is 13.1. The van der Waals surface area contributed by atoms with Crippen LogP contribution in [0, 0.1) is 12.8 Å². The number of nitrogens with two attached hydrogens (primary N) is 1. The highest BCUT2D eigenvalue weighted by atomic mass is 16.5. The zero-order valence-electron chi connectivity index (χ0n) is 24.8. The summed E-state index contributed by atoms with van der Waals surface area (Å²) in [6.07, 6.45) is 4.58. The third-order valence-electron chi connectivity index (χ3n) is 8.79. The highest BCUT2D eigenvalue weighted by molar-refractivity contribution is 5.95. The fourth-order valence-electron chi connectivity index (χ4n) is 6.51. The molecule has 1 aromatic carbocycles. The number of aryl methyl sites for hydroxylation is 1. The van der Waals surface area contributed by atoms with Crippen LogP contribution in [0.1, 0.15) is 72.8 Å². The molecule has 2 aliphatic carbocycles. The van der Waals surface area contributed by atoms with Gasteiger partial charge < -0.3 is 30.7 Å². The Hall–Kier alpha value is -3.01. The van der Waals surface area contributed by atoms with Gasteiger partial charge in [0.15, 0.2) is 0 Å². The highest BCUT2D eigenvalue weighted by Crippen LogP contribution is 2.54. The molecule has 9 heteroatoms. The lowest BCUT2D eigenvalue weighted by atomic mass is 9.53. The smallest absolute Gasteiger partial charge is 0.261 e. The molecule has 0 spiro atoms. The van der Waals surface area contributed by atoms with Crippen molar-refractivity contribution in [3.8, 4) is 5.75 Å². The Morgan fingerprint density at radius 3 is 2.58 bits per heavy atom. The number of aromatic amines is 1. The van der Waals surface area contributed by atoms with Gasteiger partial charge in [-0.15, -0.1) is 0 Å². The van der Waals surface area contributed by atoms with Crippen molar-refractivity contribution in [1.82, 2.24) is 15.2 Å². The van der Waals surface area contributed by atoms with Crippen LogP contribution in [0.5, 0.6) is 5.75 Å². The molecular weight excluding hydrogens is 508 g/mol. The molecule has 1 saturated heterocycles. The van der Waals surface area contributed by atoms with Gasteiger partial charge in [0.1, 0.15) is 17.6 Å². The molecule has 9 nitrogen and oxygen atoms in total. The summed E-state index contributed by atoms with van der Waals surface area (Å²) in [6.45, 7) is 9.85.